The summed E-state index contributed by atoms with van der Waals surface area (Å²) in [5.74, 6) is -0.272. The largest absolute Gasteiger partial charge is 0.482 e. The van der Waals surface area contributed by atoms with Crippen molar-refractivity contribution in [3.63, 3.8) is 0 Å². The van der Waals surface area contributed by atoms with E-state index in [9.17, 15) is 9.18 Å². The summed E-state index contributed by atoms with van der Waals surface area (Å²) in [4.78, 5) is 16.6. The molecule has 2 aromatic carbocycles. The van der Waals surface area contributed by atoms with Gasteiger partial charge in [0.15, 0.2) is 11.6 Å². The van der Waals surface area contributed by atoms with E-state index < -0.39 is 11.9 Å². The number of aromatic nitrogens is 1. The molecule has 1 heterocycles. The monoisotopic (exact) mass is 519 g/mol. The van der Waals surface area contributed by atoms with Crippen molar-refractivity contribution in [2.75, 3.05) is 18.9 Å². The molecular weight excluding hydrogens is 492 g/mol. The van der Waals surface area contributed by atoms with Gasteiger partial charge in [-0.25, -0.2) is 9.37 Å². The number of hydrogen-bond acceptors (Lipinski definition) is 5. The normalized spacial score (nSPS) is 12.0. The number of nitrogen functional groups attached to an aromatic ring is 1. The number of halogens is 3. The number of pyridine rings is 1. The van der Waals surface area contributed by atoms with E-state index in [4.69, 9.17) is 38.4 Å². The number of nitrogens with two attached hydrogens (primary N) is 1. The zero-order valence-corrected chi connectivity index (χ0v) is 21.3. The fourth-order valence-corrected chi connectivity index (χ4v) is 4.06. The first-order valence-electron chi connectivity index (χ1n) is 11.2. The molecule has 3 aromatic rings. The average molecular weight is 520 g/mol. The second kappa shape index (κ2) is 12.2. The van der Waals surface area contributed by atoms with Gasteiger partial charge in [-0.1, -0.05) is 35.3 Å². The van der Waals surface area contributed by atoms with Crippen LogP contribution in [0.1, 0.15) is 49.2 Å². The lowest BCUT2D eigenvalue weighted by Crippen LogP contribution is -2.25. The summed E-state index contributed by atoms with van der Waals surface area (Å²) in [6.07, 6.45) is 1.85. The number of nitrogens with zero attached hydrogens (tertiary/aromatic N) is 1. The number of nitrogens with one attached hydrogen (secondary N) is 1. The number of carbonyl (C=O) groups is 1. The maximum Gasteiger partial charge on any atom is 0.251 e. The Balaban J connectivity index is 1.69. The van der Waals surface area contributed by atoms with Crippen LogP contribution in [0.3, 0.4) is 0 Å². The lowest BCUT2D eigenvalue weighted by atomic mass is 10.0. The summed E-state index contributed by atoms with van der Waals surface area (Å²) in [6.45, 7) is 6.78. The Labute approximate surface area is 214 Å². The molecule has 3 N–H and O–H groups in total. The highest BCUT2D eigenvalue weighted by Gasteiger charge is 2.20. The molecule has 0 saturated carbocycles. The molecule has 35 heavy (non-hydrogen) atoms. The zero-order chi connectivity index (χ0) is 25.5. The third-order valence-electron chi connectivity index (χ3n) is 5.21. The molecule has 1 aromatic heterocycles. The molecular formula is C26H28Cl2FN3O3. The van der Waals surface area contributed by atoms with Gasteiger partial charge in [-0.2, -0.15) is 0 Å². The first-order chi connectivity index (χ1) is 16.7. The lowest BCUT2D eigenvalue weighted by molar-refractivity contribution is 0.0757. The van der Waals surface area contributed by atoms with Crippen molar-refractivity contribution in [2.45, 2.75) is 39.4 Å². The molecule has 0 radical (unpaired) electrons. The fraction of sp³-hybridized carbons (Fsp3) is 0.308. The maximum atomic E-state index is 13.9. The molecule has 0 aliphatic heterocycles. The SMILES string of the molecule is CC(C)OCCCNC(=O)c1ccc(-c2cnc(N)c(OC(C)c3c(Cl)ccc(F)c3Cl)c2)cc1. The first kappa shape index (κ1) is 26.7. The smallest absolute Gasteiger partial charge is 0.251 e. The van der Waals surface area contributed by atoms with Gasteiger partial charge >= 0.3 is 0 Å². The number of hydrogen-bond donors (Lipinski definition) is 2. The van der Waals surface area contributed by atoms with E-state index in [1.54, 1.807) is 31.3 Å². The number of anilines is 1. The Morgan fingerprint density at radius 2 is 1.83 bits per heavy atom. The van der Waals surface area contributed by atoms with Crippen molar-refractivity contribution >= 4 is 34.9 Å². The standard InChI is InChI=1S/C26H28Cl2FN3O3/c1-15(2)34-12-4-11-31-26(33)18-7-5-17(6-8-18)19-13-22(25(30)32-14-19)35-16(3)23-20(27)9-10-21(29)24(23)28/h5-10,13-16H,4,11-12H2,1-3H3,(H2,30,32)(H,31,33). The van der Waals surface area contributed by atoms with Crippen molar-refractivity contribution in [1.29, 1.82) is 0 Å². The summed E-state index contributed by atoms with van der Waals surface area (Å²) in [6, 6.07) is 11.5. The summed E-state index contributed by atoms with van der Waals surface area (Å²) >= 11 is 12.3. The van der Waals surface area contributed by atoms with Crippen LogP contribution in [0.25, 0.3) is 11.1 Å². The number of benzene rings is 2. The molecule has 1 atom stereocenters. The van der Waals surface area contributed by atoms with Crippen LogP contribution in [0, 0.1) is 5.82 Å². The number of carbonyl (C=O) groups excluding carboxylic acids is 1. The summed E-state index contributed by atoms with van der Waals surface area (Å²) in [5.41, 5.74) is 8.43. The molecule has 3 rings (SSSR count). The predicted molar refractivity (Wildman–Crippen MR) is 138 cm³/mol. The topological polar surface area (TPSA) is 86.5 Å². The van der Waals surface area contributed by atoms with Crippen LogP contribution in [0.5, 0.6) is 5.75 Å². The molecule has 0 bridgehead atoms. The van der Waals surface area contributed by atoms with Gasteiger partial charge in [0.25, 0.3) is 5.91 Å². The average Bonchev–Trinajstić information content (AvgIpc) is 2.82. The molecule has 0 aliphatic rings. The van der Waals surface area contributed by atoms with Crippen LogP contribution < -0.4 is 15.8 Å². The lowest BCUT2D eigenvalue weighted by Gasteiger charge is -2.19. The minimum absolute atomic E-state index is 0.103. The molecule has 1 unspecified atom stereocenters. The van der Waals surface area contributed by atoms with Gasteiger partial charge in [0.2, 0.25) is 0 Å². The van der Waals surface area contributed by atoms with Gasteiger partial charge in [-0.05, 0) is 63.1 Å². The van der Waals surface area contributed by atoms with Gasteiger partial charge in [0.1, 0.15) is 11.9 Å². The fourth-order valence-electron chi connectivity index (χ4n) is 3.38. The van der Waals surface area contributed by atoms with Crippen molar-refractivity contribution in [2.24, 2.45) is 0 Å². The summed E-state index contributed by atoms with van der Waals surface area (Å²) in [5, 5.41) is 3.06. The predicted octanol–water partition coefficient (Wildman–Crippen LogP) is 6.46. The van der Waals surface area contributed by atoms with Crippen LogP contribution in [-0.4, -0.2) is 30.1 Å². The highest BCUT2D eigenvalue weighted by atomic mass is 35.5. The summed E-state index contributed by atoms with van der Waals surface area (Å²) in [7, 11) is 0. The molecule has 0 saturated heterocycles. The van der Waals surface area contributed by atoms with Crippen LogP contribution in [0.15, 0.2) is 48.7 Å². The minimum atomic E-state index is -0.679. The third-order valence-corrected chi connectivity index (χ3v) is 5.92. The van der Waals surface area contributed by atoms with E-state index in [-0.39, 0.29) is 27.9 Å². The third kappa shape index (κ3) is 7.07. The van der Waals surface area contributed by atoms with E-state index in [1.165, 1.54) is 12.1 Å². The first-order valence-corrected chi connectivity index (χ1v) is 12.0. The molecule has 6 nitrogen and oxygen atoms in total. The van der Waals surface area contributed by atoms with Crippen LogP contribution in [0.2, 0.25) is 10.0 Å². The van der Waals surface area contributed by atoms with Gasteiger partial charge in [0.05, 0.1) is 11.1 Å². The second-order valence-electron chi connectivity index (χ2n) is 8.23. The molecule has 0 aliphatic carbocycles. The Bertz CT molecular complexity index is 1170. The Kier molecular flexibility index (Phi) is 9.32. The number of ether oxygens (including phenoxy) is 2. The van der Waals surface area contributed by atoms with Gasteiger partial charge in [-0.3, -0.25) is 4.79 Å². The number of rotatable bonds is 10. The highest BCUT2D eigenvalue weighted by Crippen LogP contribution is 2.37. The Morgan fingerprint density at radius 3 is 2.51 bits per heavy atom. The molecule has 0 spiro atoms. The van der Waals surface area contributed by atoms with Crippen molar-refractivity contribution in [3.05, 3.63) is 75.7 Å². The van der Waals surface area contributed by atoms with Crippen LogP contribution in [0.4, 0.5) is 10.2 Å². The van der Waals surface area contributed by atoms with Crippen molar-refractivity contribution in [3.8, 4) is 16.9 Å². The van der Waals surface area contributed by atoms with E-state index >= 15 is 0 Å². The second-order valence-corrected chi connectivity index (χ2v) is 9.02. The Hall–Kier alpha value is -2.87. The van der Waals surface area contributed by atoms with Crippen molar-refractivity contribution < 1.29 is 18.7 Å². The van der Waals surface area contributed by atoms with Gasteiger partial charge in [0, 0.05) is 41.1 Å². The van der Waals surface area contributed by atoms with Crippen molar-refractivity contribution in [1.82, 2.24) is 10.3 Å². The van der Waals surface area contributed by atoms with Gasteiger partial charge in [-0.15, -0.1) is 0 Å². The van der Waals surface area contributed by atoms with Crippen LogP contribution in [-0.2, 0) is 4.74 Å². The van der Waals surface area contributed by atoms with Crippen LogP contribution >= 0.6 is 23.2 Å². The Morgan fingerprint density at radius 1 is 1.11 bits per heavy atom. The quantitative estimate of drug-likeness (QED) is 0.237. The van der Waals surface area contributed by atoms with Gasteiger partial charge < -0.3 is 20.5 Å². The maximum absolute atomic E-state index is 13.9. The zero-order valence-electron chi connectivity index (χ0n) is 19.8. The molecule has 186 valence electrons. The highest BCUT2D eigenvalue weighted by molar-refractivity contribution is 6.36. The van der Waals surface area contributed by atoms with E-state index in [2.05, 4.69) is 10.3 Å². The summed E-state index contributed by atoms with van der Waals surface area (Å²) < 4.78 is 25.4. The molecule has 9 heteroatoms. The van der Waals surface area contributed by atoms with E-state index in [0.717, 1.165) is 17.5 Å². The molecule has 1 amide bonds. The van der Waals surface area contributed by atoms with E-state index in [0.29, 0.717) is 30.0 Å². The minimum Gasteiger partial charge on any atom is -0.482 e. The number of amides is 1. The van der Waals surface area contributed by atoms with E-state index in [1.807, 2.05) is 26.0 Å². The molecule has 0 fully saturated rings.